The quantitative estimate of drug-likeness (QED) is 0.545. The number of aryl methyl sites for hydroxylation is 2. The minimum Gasteiger partial charge on any atom is -0.496 e. The first-order valence-electron chi connectivity index (χ1n) is 9.34. The van der Waals surface area contributed by atoms with E-state index in [9.17, 15) is 4.79 Å². The van der Waals surface area contributed by atoms with Gasteiger partial charge in [-0.2, -0.15) is 5.10 Å². The Labute approximate surface area is 168 Å². The van der Waals surface area contributed by atoms with E-state index in [1.165, 1.54) is 6.39 Å². The maximum atomic E-state index is 12.7. The summed E-state index contributed by atoms with van der Waals surface area (Å²) in [6, 6.07) is 11.7. The summed E-state index contributed by atoms with van der Waals surface area (Å²) in [5, 5.41) is 8.52. The monoisotopic (exact) mass is 390 g/mol. The van der Waals surface area contributed by atoms with Crippen LogP contribution in [0.2, 0.25) is 0 Å². The topological polar surface area (TPSA) is 82.2 Å². The number of amides is 1. The van der Waals surface area contributed by atoms with Gasteiger partial charge in [-0.25, -0.2) is 4.98 Å². The molecule has 2 aromatic carbocycles. The Balaban J connectivity index is 1.47. The summed E-state index contributed by atoms with van der Waals surface area (Å²) in [5.74, 6) is 0.957. The van der Waals surface area contributed by atoms with E-state index in [0.29, 0.717) is 18.7 Å². The molecule has 29 heavy (non-hydrogen) atoms. The van der Waals surface area contributed by atoms with Crippen molar-refractivity contribution in [2.45, 2.75) is 13.3 Å². The summed E-state index contributed by atoms with van der Waals surface area (Å²) >= 11 is 0. The summed E-state index contributed by atoms with van der Waals surface area (Å²) in [7, 11) is 3.53. The van der Waals surface area contributed by atoms with Crippen LogP contribution in [0.1, 0.15) is 21.6 Å². The third-order valence-corrected chi connectivity index (χ3v) is 4.85. The number of carbonyl (C=O) groups is 1. The van der Waals surface area contributed by atoms with Gasteiger partial charge in [-0.3, -0.25) is 9.48 Å². The Morgan fingerprint density at radius 3 is 2.93 bits per heavy atom. The second-order valence-electron chi connectivity index (χ2n) is 6.88. The minimum atomic E-state index is -0.268. The van der Waals surface area contributed by atoms with Crippen LogP contribution in [0.25, 0.3) is 22.2 Å². The first kappa shape index (κ1) is 18.7. The van der Waals surface area contributed by atoms with E-state index in [2.05, 4.69) is 15.4 Å². The maximum absolute atomic E-state index is 12.7. The van der Waals surface area contributed by atoms with Gasteiger partial charge >= 0.3 is 0 Å². The molecule has 4 aromatic rings. The number of benzene rings is 2. The maximum Gasteiger partial charge on any atom is 0.273 e. The number of carbonyl (C=O) groups excluding carboxylic acids is 1. The molecule has 4 rings (SSSR count). The van der Waals surface area contributed by atoms with Gasteiger partial charge < -0.3 is 14.5 Å². The largest absolute Gasteiger partial charge is 0.496 e. The fraction of sp³-hybridized carbons (Fsp3) is 0.227. The number of hydrogen-bond donors (Lipinski definition) is 1. The zero-order valence-electron chi connectivity index (χ0n) is 16.6. The molecule has 0 radical (unpaired) electrons. The fourth-order valence-corrected chi connectivity index (χ4v) is 3.45. The van der Waals surface area contributed by atoms with E-state index < -0.39 is 0 Å². The molecule has 1 amide bonds. The molecular weight excluding hydrogens is 368 g/mol. The van der Waals surface area contributed by atoms with Crippen LogP contribution in [0.15, 0.2) is 53.4 Å². The molecule has 0 saturated heterocycles. The van der Waals surface area contributed by atoms with Crippen LogP contribution in [-0.4, -0.2) is 34.3 Å². The number of nitrogens with one attached hydrogen (secondary N) is 1. The third-order valence-electron chi connectivity index (χ3n) is 4.85. The molecule has 1 N–H and O–H groups in total. The molecule has 2 heterocycles. The SMILES string of the molecule is COc1ccc(-c2ocnc2C(=O)NCCc2cccc3cn(C)nc23)cc1C. The Bertz CT molecular complexity index is 1180. The summed E-state index contributed by atoms with van der Waals surface area (Å²) < 4.78 is 12.6. The van der Waals surface area contributed by atoms with Gasteiger partial charge in [0.05, 0.1) is 12.6 Å². The van der Waals surface area contributed by atoms with Crippen molar-refractivity contribution >= 4 is 16.8 Å². The second-order valence-corrected chi connectivity index (χ2v) is 6.88. The van der Waals surface area contributed by atoms with E-state index in [-0.39, 0.29) is 11.6 Å². The normalized spacial score (nSPS) is 11.0. The van der Waals surface area contributed by atoms with Gasteiger partial charge in [0.2, 0.25) is 0 Å². The lowest BCUT2D eigenvalue weighted by molar-refractivity contribution is 0.0950. The van der Waals surface area contributed by atoms with Gasteiger partial charge in [0, 0.05) is 30.7 Å². The molecule has 0 atom stereocenters. The Kier molecular flexibility index (Phi) is 5.03. The molecule has 0 unspecified atom stereocenters. The van der Waals surface area contributed by atoms with Crippen molar-refractivity contribution in [2.75, 3.05) is 13.7 Å². The lowest BCUT2D eigenvalue weighted by Crippen LogP contribution is -2.26. The number of rotatable bonds is 6. The molecule has 0 spiro atoms. The summed E-state index contributed by atoms with van der Waals surface area (Å²) in [6.45, 7) is 2.42. The molecule has 7 nitrogen and oxygen atoms in total. The van der Waals surface area contributed by atoms with Gasteiger partial charge in [0.15, 0.2) is 17.8 Å². The minimum absolute atomic E-state index is 0.268. The average Bonchev–Trinajstić information content (AvgIpc) is 3.34. The van der Waals surface area contributed by atoms with Crippen LogP contribution in [0, 0.1) is 6.92 Å². The van der Waals surface area contributed by atoms with Crippen molar-refractivity contribution in [3.8, 4) is 17.1 Å². The highest BCUT2D eigenvalue weighted by Gasteiger charge is 2.19. The number of methoxy groups -OCH3 is 1. The standard InChI is InChI=1S/C22H22N4O3/c1-14-11-16(7-8-18(14)28-3)21-20(24-13-29-21)22(27)23-10-9-15-5-4-6-17-12-26(2)25-19(15)17/h4-8,11-13H,9-10H2,1-3H3,(H,23,27). The third kappa shape index (κ3) is 3.71. The molecule has 0 saturated carbocycles. The van der Waals surface area contributed by atoms with Crippen LogP contribution in [0.3, 0.4) is 0 Å². The Morgan fingerprint density at radius 1 is 1.28 bits per heavy atom. The van der Waals surface area contributed by atoms with Gasteiger partial charge in [-0.15, -0.1) is 0 Å². The summed E-state index contributed by atoms with van der Waals surface area (Å²) in [4.78, 5) is 16.8. The predicted octanol–water partition coefficient (Wildman–Crippen LogP) is 3.52. The number of oxazole rings is 1. The Morgan fingerprint density at radius 2 is 2.14 bits per heavy atom. The van der Waals surface area contributed by atoms with Crippen molar-refractivity contribution in [2.24, 2.45) is 7.05 Å². The number of fused-ring (bicyclic) bond motifs is 1. The lowest BCUT2D eigenvalue weighted by atomic mass is 10.1. The molecule has 0 aliphatic rings. The molecule has 148 valence electrons. The lowest BCUT2D eigenvalue weighted by Gasteiger charge is -2.08. The molecule has 0 aliphatic heterocycles. The van der Waals surface area contributed by atoms with Crippen LogP contribution in [0.5, 0.6) is 5.75 Å². The van der Waals surface area contributed by atoms with Crippen LogP contribution in [-0.2, 0) is 13.5 Å². The summed E-state index contributed by atoms with van der Waals surface area (Å²) in [5.41, 5.74) is 4.06. The Hall–Kier alpha value is -3.61. The van der Waals surface area contributed by atoms with Gasteiger partial charge in [-0.1, -0.05) is 18.2 Å². The van der Waals surface area contributed by atoms with E-state index in [4.69, 9.17) is 9.15 Å². The van der Waals surface area contributed by atoms with Gasteiger partial charge in [-0.05, 0) is 42.7 Å². The number of aromatic nitrogens is 3. The highest BCUT2D eigenvalue weighted by molar-refractivity contribution is 5.97. The number of ether oxygens (including phenoxy) is 1. The van der Waals surface area contributed by atoms with E-state index in [0.717, 1.165) is 33.3 Å². The van der Waals surface area contributed by atoms with Crippen LogP contribution in [0.4, 0.5) is 0 Å². The highest BCUT2D eigenvalue weighted by Crippen LogP contribution is 2.28. The average molecular weight is 390 g/mol. The van der Waals surface area contributed by atoms with E-state index in [1.54, 1.807) is 11.8 Å². The van der Waals surface area contributed by atoms with Crippen molar-refractivity contribution < 1.29 is 13.9 Å². The van der Waals surface area contributed by atoms with Gasteiger partial charge in [0.1, 0.15) is 5.75 Å². The molecule has 0 bridgehead atoms. The van der Waals surface area contributed by atoms with Crippen LogP contribution < -0.4 is 10.1 Å². The molecule has 0 fully saturated rings. The zero-order chi connectivity index (χ0) is 20.4. The first-order chi connectivity index (χ1) is 14.1. The fourth-order valence-electron chi connectivity index (χ4n) is 3.45. The van der Waals surface area contributed by atoms with Crippen molar-refractivity contribution in [3.05, 3.63) is 65.8 Å². The molecule has 0 aliphatic carbocycles. The van der Waals surface area contributed by atoms with E-state index >= 15 is 0 Å². The van der Waals surface area contributed by atoms with Crippen molar-refractivity contribution in [1.82, 2.24) is 20.1 Å². The second kappa shape index (κ2) is 7.79. The number of hydrogen-bond acceptors (Lipinski definition) is 5. The van der Waals surface area contributed by atoms with Crippen molar-refractivity contribution in [1.29, 1.82) is 0 Å². The summed E-state index contributed by atoms with van der Waals surface area (Å²) in [6.07, 6.45) is 3.95. The molecule has 7 heteroatoms. The molecular formula is C22H22N4O3. The zero-order valence-corrected chi connectivity index (χ0v) is 16.6. The smallest absolute Gasteiger partial charge is 0.273 e. The number of nitrogens with zero attached hydrogens (tertiary/aromatic N) is 3. The van der Waals surface area contributed by atoms with Gasteiger partial charge in [0.25, 0.3) is 5.91 Å². The molecule has 2 aromatic heterocycles. The first-order valence-corrected chi connectivity index (χ1v) is 9.34. The highest BCUT2D eigenvalue weighted by atomic mass is 16.5. The van der Waals surface area contributed by atoms with Crippen molar-refractivity contribution in [3.63, 3.8) is 0 Å². The van der Waals surface area contributed by atoms with Crippen LogP contribution >= 0.6 is 0 Å². The predicted molar refractivity (Wildman–Crippen MR) is 110 cm³/mol. The van der Waals surface area contributed by atoms with E-state index in [1.807, 2.05) is 56.6 Å².